The highest BCUT2D eigenvalue weighted by molar-refractivity contribution is 9.10. The fourth-order valence-corrected chi connectivity index (χ4v) is 3.03. The zero-order valence-electron chi connectivity index (χ0n) is 15.1. The molecular formula is C21H18BrClN2O3. The molecule has 0 atom stereocenters. The highest BCUT2D eigenvalue weighted by Gasteiger charge is 2.12. The smallest absolute Gasteiger partial charge is 0.291 e. The van der Waals surface area contributed by atoms with Gasteiger partial charge < -0.3 is 14.6 Å². The molecule has 0 spiro atoms. The van der Waals surface area contributed by atoms with Crippen molar-refractivity contribution >= 4 is 45.0 Å². The normalized spacial score (nSPS) is 10.5. The first kappa shape index (κ1) is 20.2. The monoisotopic (exact) mass is 460 g/mol. The molecule has 1 N–H and O–H groups in total. The minimum atomic E-state index is -0.336. The van der Waals surface area contributed by atoms with Crippen LogP contribution in [0, 0.1) is 0 Å². The zero-order valence-corrected chi connectivity index (χ0v) is 17.5. The van der Waals surface area contributed by atoms with Crippen molar-refractivity contribution in [3.05, 3.63) is 87.2 Å². The third kappa shape index (κ3) is 5.47. The van der Waals surface area contributed by atoms with Crippen molar-refractivity contribution in [3.63, 3.8) is 0 Å². The van der Waals surface area contributed by atoms with E-state index in [0.717, 1.165) is 11.1 Å². The first-order valence-electron chi connectivity index (χ1n) is 8.55. The second-order valence-electron chi connectivity index (χ2n) is 6.31. The quantitative estimate of drug-likeness (QED) is 0.552. The summed E-state index contributed by atoms with van der Waals surface area (Å²) in [5.41, 5.74) is 2.51. The number of anilines is 1. The van der Waals surface area contributed by atoms with Gasteiger partial charge in [0.05, 0.1) is 6.42 Å². The van der Waals surface area contributed by atoms with Crippen molar-refractivity contribution in [1.29, 1.82) is 0 Å². The lowest BCUT2D eigenvalue weighted by molar-refractivity contribution is -0.129. The van der Waals surface area contributed by atoms with E-state index in [2.05, 4.69) is 21.2 Å². The van der Waals surface area contributed by atoms with E-state index in [1.165, 1.54) is 0 Å². The van der Waals surface area contributed by atoms with E-state index in [1.807, 2.05) is 36.4 Å². The van der Waals surface area contributed by atoms with E-state index in [0.29, 0.717) is 21.9 Å². The van der Waals surface area contributed by atoms with Gasteiger partial charge in [-0.1, -0.05) is 35.9 Å². The van der Waals surface area contributed by atoms with Gasteiger partial charge in [-0.25, -0.2) is 0 Å². The van der Waals surface area contributed by atoms with Gasteiger partial charge in [0.1, 0.15) is 0 Å². The van der Waals surface area contributed by atoms with Crippen LogP contribution in [-0.4, -0.2) is 23.8 Å². The Morgan fingerprint density at radius 2 is 1.64 bits per heavy atom. The number of furan rings is 1. The Kier molecular flexibility index (Phi) is 6.54. The summed E-state index contributed by atoms with van der Waals surface area (Å²) in [6, 6.07) is 17.8. The minimum absolute atomic E-state index is 0.00664. The van der Waals surface area contributed by atoms with Crippen LogP contribution in [0.15, 0.2) is 69.8 Å². The molecule has 5 nitrogen and oxygen atoms in total. The lowest BCUT2D eigenvalue weighted by Gasteiger charge is -2.17. The summed E-state index contributed by atoms with van der Waals surface area (Å²) in [4.78, 5) is 26.2. The van der Waals surface area contributed by atoms with E-state index in [4.69, 9.17) is 16.0 Å². The first-order valence-corrected chi connectivity index (χ1v) is 9.72. The van der Waals surface area contributed by atoms with Crippen molar-refractivity contribution in [1.82, 2.24) is 4.90 Å². The third-order valence-corrected chi connectivity index (χ3v) is 4.80. The molecule has 0 saturated carbocycles. The molecule has 0 aliphatic carbocycles. The molecule has 7 heteroatoms. The molecule has 0 bridgehead atoms. The molecule has 0 unspecified atom stereocenters. The summed E-state index contributed by atoms with van der Waals surface area (Å²) in [6.45, 7) is 0.517. The molecule has 28 heavy (non-hydrogen) atoms. The van der Waals surface area contributed by atoms with Crippen LogP contribution in [0.2, 0.25) is 5.02 Å². The molecule has 0 aliphatic rings. The number of hydrogen-bond donors (Lipinski definition) is 1. The average molecular weight is 462 g/mol. The van der Waals surface area contributed by atoms with Crippen molar-refractivity contribution < 1.29 is 14.0 Å². The number of nitrogens with zero attached hydrogens (tertiary/aromatic N) is 1. The van der Waals surface area contributed by atoms with Crippen LogP contribution < -0.4 is 5.32 Å². The number of nitrogens with one attached hydrogen (secondary N) is 1. The number of hydrogen-bond acceptors (Lipinski definition) is 3. The number of likely N-dealkylation sites (N-methyl/N-ethyl adjacent to an activating group) is 1. The summed E-state index contributed by atoms with van der Waals surface area (Å²) in [6.07, 6.45) is 0.281. The fraction of sp³-hybridized carbons (Fsp3) is 0.143. The first-order chi connectivity index (χ1) is 13.4. The van der Waals surface area contributed by atoms with Crippen LogP contribution in [0.4, 0.5) is 5.69 Å². The standard InChI is InChI=1S/C21H18BrClN2O3/c1-25(13-15-2-6-16(23)7-3-15)20(26)12-14-4-8-17(9-5-14)24-21(27)18-10-11-19(22)28-18/h2-11H,12-13H2,1H3,(H,24,27). The predicted octanol–water partition coefficient (Wildman–Crippen LogP) is 5.15. The summed E-state index contributed by atoms with van der Waals surface area (Å²) >= 11 is 9.05. The fourth-order valence-electron chi connectivity index (χ4n) is 2.60. The largest absolute Gasteiger partial charge is 0.444 e. The van der Waals surface area contributed by atoms with Crippen LogP contribution in [0.5, 0.6) is 0 Å². The molecule has 2 amide bonds. The molecule has 1 heterocycles. The van der Waals surface area contributed by atoms with E-state index in [-0.39, 0.29) is 24.0 Å². The second-order valence-corrected chi connectivity index (χ2v) is 7.53. The molecule has 0 aliphatic heterocycles. The van der Waals surface area contributed by atoms with Gasteiger partial charge in [0.2, 0.25) is 5.91 Å². The van der Waals surface area contributed by atoms with E-state index in [9.17, 15) is 9.59 Å². The summed E-state index contributed by atoms with van der Waals surface area (Å²) in [7, 11) is 1.77. The van der Waals surface area contributed by atoms with Gasteiger partial charge in [-0.3, -0.25) is 9.59 Å². The van der Waals surface area contributed by atoms with Crippen LogP contribution in [-0.2, 0) is 17.8 Å². The molecule has 3 aromatic rings. The average Bonchev–Trinajstić information content (AvgIpc) is 3.11. The van der Waals surface area contributed by atoms with Gasteiger partial charge in [0.25, 0.3) is 5.91 Å². The molecule has 2 aromatic carbocycles. The Labute approximate surface area is 176 Å². The Bertz CT molecular complexity index is 968. The third-order valence-electron chi connectivity index (χ3n) is 4.12. The van der Waals surface area contributed by atoms with Crippen LogP contribution in [0.3, 0.4) is 0 Å². The van der Waals surface area contributed by atoms with Gasteiger partial charge in [-0.05, 0) is 63.5 Å². The van der Waals surface area contributed by atoms with Crippen molar-refractivity contribution in [2.75, 3.05) is 12.4 Å². The Morgan fingerprint density at radius 1 is 1.00 bits per heavy atom. The number of carbonyl (C=O) groups excluding carboxylic acids is 2. The second kappa shape index (κ2) is 9.08. The number of carbonyl (C=O) groups is 2. The summed E-state index contributed by atoms with van der Waals surface area (Å²) < 4.78 is 5.72. The van der Waals surface area contributed by atoms with Crippen LogP contribution in [0.25, 0.3) is 0 Å². The lowest BCUT2D eigenvalue weighted by Crippen LogP contribution is -2.27. The van der Waals surface area contributed by atoms with Crippen molar-refractivity contribution in [2.45, 2.75) is 13.0 Å². The minimum Gasteiger partial charge on any atom is -0.444 e. The molecule has 0 fully saturated rings. The maximum atomic E-state index is 12.4. The van der Waals surface area contributed by atoms with E-state index < -0.39 is 0 Å². The predicted molar refractivity (Wildman–Crippen MR) is 112 cm³/mol. The summed E-state index contributed by atoms with van der Waals surface area (Å²) in [5, 5.41) is 3.42. The van der Waals surface area contributed by atoms with Crippen LogP contribution >= 0.6 is 27.5 Å². The van der Waals surface area contributed by atoms with Crippen molar-refractivity contribution in [3.8, 4) is 0 Å². The van der Waals surface area contributed by atoms with Gasteiger partial charge in [0, 0.05) is 24.3 Å². The number of rotatable bonds is 6. The Balaban J connectivity index is 1.55. The SMILES string of the molecule is CN(Cc1ccc(Cl)cc1)C(=O)Cc1ccc(NC(=O)c2ccc(Br)o2)cc1. The molecular weight excluding hydrogens is 444 g/mol. The molecule has 0 saturated heterocycles. The van der Waals surface area contributed by atoms with Gasteiger partial charge in [-0.2, -0.15) is 0 Å². The van der Waals surface area contributed by atoms with Gasteiger partial charge in [-0.15, -0.1) is 0 Å². The number of amides is 2. The zero-order chi connectivity index (χ0) is 20.1. The number of halogens is 2. The molecule has 0 radical (unpaired) electrons. The van der Waals surface area contributed by atoms with Gasteiger partial charge >= 0.3 is 0 Å². The van der Waals surface area contributed by atoms with E-state index >= 15 is 0 Å². The Hall–Kier alpha value is -2.57. The van der Waals surface area contributed by atoms with Crippen LogP contribution in [0.1, 0.15) is 21.7 Å². The topological polar surface area (TPSA) is 62.6 Å². The molecule has 3 rings (SSSR count). The molecule has 1 aromatic heterocycles. The Morgan fingerprint density at radius 3 is 2.25 bits per heavy atom. The maximum Gasteiger partial charge on any atom is 0.291 e. The highest BCUT2D eigenvalue weighted by Crippen LogP contribution is 2.17. The molecule has 144 valence electrons. The van der Waals surface area contributed by atoms with Gasteiger partial charge in [0.15, 0.2) is 10.4 Å². The number of benzene rings is 2. The highest BCUT2D eigenvalue weighted by atomic mass is 79.9. The van der Waals surface area contributed by atoms with Crippen molar-refractivity contribution in [2.24, 2.45) is 0 Å². The summed E-state index contributed by atoms with van der Waals surface area (Å²) in [5.74, 6) is -0.112. The van der Waals surface area contributed by atoms with E-state index in [1.54, 1.807) is 36.2 Å². The maximum absolute atomic E-state index is 12.4. The lowest BCUT2D eigenvalue weighted by atomic mass is 10.1.